The fourth-order valence-electron chi connectivity index (χ4n) is 2.50. The van der Waals surface area contributed by atoms with E-state index in [0.29, 0.717) is 12.6 Å². The molecule has 0 aromatic carbocycles. The molecule has 1 amide bonds. The Morgan fingerprint density at radius 2 is 1.89 bits per heavy atom. The molecular formula is C14H24N4O. The SMILES string of the molecule is CN(C(=O)CN1CCN(C(C)(C)C#N)CC1)C1CC1. The number of nitrogens with zero attached hydrogens (tertiary/aromatic N) is 4. The Morgan fingerprint density at radius 3 is 2.37 bits per heavy atom. The van der Waals surface area contributed by atoms with Crippen molar-refractivity contribution in [2.24, 2.45) is 0 Å². The van der Waals surface area contributed by atoms with Gasteiger partial charge in [-0.2, -0.15) is 5.26 Å². The Bertz CT molecular complexity index is 375. The molecule has 5 nitrogen and oxygen atoms in total. The highest BCUT2D eigenvalue weighted by Crippen LogP contribution is 2.25. The molecule has 0 aromatic rings. The molecule has 0 unspecified atom stereocenters. The highest BCUT2D eigenvalue weighted by molar-refractivity contribution is 5.78. The fourth-order valence-corrected chi connectivity index (χ4v) is 2.50. The van der Waals surface area contributed by atoms with Crippen LogP contribution in [0.15, 0.2) is 0 Å². The number of carbonyl (C=O) groups excluding carboxylic acids is 1. The third kappa shape index (κ3) is 3.46. The first-order chi connectivity index (χ1) is 8.94. The normalized spacial score (nSPS) is 22.0. The zero-order valence-electron chi connectivity index (χ0n) is 12.2. The van der Waals surface area contributed by atoms with Crippen molar-refractivity contribution in [3.05, 3.63) is 0 Å². The van der Waals surface area contributed by atoms with Gasteiger partial charge in [0.1, 0.15) is 5.54 Å². The van der Waals surface area contributed by atoms with E-state index in [2.05, 4.69) is 15.9 Å². The van der Waals surface area contributed by atoms with Gasteiger partial charge in [-0.15, -0.1) is 0 Å². The van der Waals surface area contributed by atoms with Gasteiger partial charge in [-0.1, -0.05) is 0 Å². The molecule has 0 aromatic heterocycles. The van der Waals surface area contributed by atoms with Crippen LogP contribution in [0.3, 0.4) is 0 Å². The lowest BCUT2D eigenvalue weighted by Crippen LogP contribution is -2.55. The quantitative estimate of drug-likeness (QED) is 0.743. The van der Waals surface area contributed by atoms with Gasteiger partial charge in [0.05, 0.1) is 12.6 Å². The van der Waals surface area contributed by atoms with Crippen molar-refractivity contribution < 1.29 is 4.79 Å². The summed E-state index contributed by atoms with van der Waals surface area (Å²) in [6.07, 6.45) is 2.32. The molecular weight excluding hydrogens is 240 g/mol. The lowest BCUT2D eigenvalue weighted by Gasteiger charge is -2.40. The van der Waals surface area contributed by atoms with Gasteiger partial charge in [-0.25, -0.2) is 0 Å². The van der Waals surface area contributed by atoms with Crippen LogP contribution in [0.5, 0.6) is 0 Å². The largest absolute Gasteiger partial charge is 0.342 e. The average Bonchev–Trinajstić information content (AvgIpc) is 3.22. The average molecular weight is 264 g/mol. The minimum absolute atomic E-state index is 0.232. The summed E-state index contributed by atoms with van der Waals surface area (Å²) >= 11 is 0. The monoisotopic (exact) mass is 264 g/mol. The molecule has 0 N–H and O–H groups in total. The van der Waals surface area contributed by atoms with E-state index in [-0.39, 0.29) is 5.91 Å². The Hall–Kier alpha value is -1.12. The molecule has 1 aliphatic carbocycles. The maximum atomic E-state index is 12.0. The molecule has 1 saturated carbocycles. The molecule has 0 bridgehead atoms. The van der Waals surface area contributed by atoms with Gasteiger partial charge < -0.3 is 4.90 Å². The minimum Gasteiger partial charge on any atom is -0.342 e. The van der Waals surface area contributed by atoms with E-state index in [1.54, 1.807) is 0 Å². The zero-order chi connectivity index (χ0) is 14.0. The summed E-state index contributed by atoms with van der Waals surface area (Å²) in [5.74, 6) is 0.232. The lowest BCUT2D eigenvalue weighted by molar-refractivity contribution is -0.132. The number of piperazine rings is 1. The van der Waals surface area contributed by atoms with Crippen molar-refractivity contribution in [2.45, 2.75) is 38.3 Å². The maximum Gasteiger partial charge on any atom is 0.236 e. The van der Waals surface area contributed by atoms with Crippen LogP contribution in [0.25, 0.3) is 0 Å². The van der Waals surface area contributed by atoms with Crippen molar-refractivity contribution >= 4 is 5.91 Å². The van der Waals surface area contributed by atoms with Crippen molar-refractivity contribution in [1.29, 1.82) is 5.26 Å². The minimum atomic E-state index is -0.402. The Kier molecular flexibility index (Phi) is 4.12. The predicted octanol–water partition coefficient (Wildman–Crippen LogP) is 0.527. The zero-order valence-corrected chi connectivity index (χ0v) is 12.2. The van der Waals surface area contributed by atoms with Crippen LogP contribution < -0.4 is 0 Å². The molecule has 1 aliphatic heterocycles. The maximum absolute atomic E-state index is 12.0. The van der Waals surface area contributed by atoms with E-state index in [1.807, 2.05) is 25.8 Å². The van der Waals surface area contributed by atoms with Gasteiger partial charge in [0.2, 0.25) is 5.91 Å². The van der Waals surface area contributed by atoms with Crippen molar-refractivity contribution in [2.75, 3.05) is 39.8 Å². The summed E-state index contributed by atoms with van der Waals surface area (Å²) < 4.78 is 0. The summed E-state index contributed by atoms with van der Waals surface area (Å²) in [6, 6.07) is 2.83. The van der Waals surface area contributed by atoms with Crippen molar-refractivity contribution in [1.82, 2.24) is 14.7 Å². The molecule has 5 heteroatoms. The molecule has 19 heavy (non-hydrogen) atoms. The molecule has 2 aliphatic rings. The van der Waals surface area contributed by atoms with Crippen LogP contribution in [0.1, 0.15) is 26.7 Å². The summed E-state index contributed by atoms with van der Waals surface area (Å²) in [5.41, 5.74) is -0.402. The number of nitriles is 1. The standard InChI is InChI=1S/C14H24N4O/c1-14(2,11-15)18-8-6-17(7-9-18)10-13(19)16(3)12-4-5-12/h12H,4-10H2,1-3H3. The van der Waals surface area contributed by atoms with Gasteiger partial charge in [-0.05, 0) is 26.7 Å². The topological polar surface area (TPSA) is 50.6 Å². The molecule has 0 atom stereocenters. The number of carbonyl (C=O) groups is 1. The highest BCUT2D eigenvalue weighted by atomic mass is 16.2. The van der Waals surface area contributed by atoms with Crippen LogP contribution in [0.2, 0.25) is 0 Å². The first kappa shape index (κ1) is 14.3. The third-order valence-corrected chi connectivity index (χ3v) is 4.28. The smallest absolute Gasteiger partial charge is 0.236 e. The van der Waals surface area contributed by atoms with Crippen LogP contribution in [0.4, 0.5) is 0 Å². The molecule has 1 heterocycles. The number of likely N-dealkylation sites (N-methyl/N-ethyl adjacent to an activating group) is 1. The van der Waals surface area contributed by atoms with E-state index in [1.165, 1.54) is 0 Å². The first-order valence-electron chi connectivity index (χ1n) is 7.08. The third-order valence-electron chi connectivity index (χ3n) is 4.28. The first-order valence-corrected chi connectivity index (χ1v) is 7.08. The summed E-state index contributed by atoms with van der Waals surface area (Å²) in [6.45, 7) is 7.89. The van der Waals surface area contributed by atoms with Gasteiger partial charge in [0, 0.05) is 39.3 Å². The summed E-state index contributed by atoms with van der Waals surface area (Å²) in [4.78, 5) is 18.3. The van der Waals surface area contributed by atoms with Crippen LogP contribution in [-0.4, -0.2) is 72.0 Å². The van der Waals surface area contributed by atoms with Crippen LogP contribution in [0, 0.1) is 11.3 Å². The second-order valence-corrected chi connectivity index (χ2v) is 6.17. The Balaban J connectivity index is 1.77. The predicted molar refractivity (Wildman–Crippen MR) is 73.5 cm³/mol. The Morgan fingerprint density at radius 1 is 1.32 bits per heavy atom. The molecule has 1 saturated heterocycles. The number of rotatable bonds is 4. The van der Waals surface area contributed by atoms with E-state index in [9.17, 15) is 4.79 Å². The van der Waals surface area contributed by atoms with Crippen LogP contribution >= 0.6 is 0 Å². The van der Waals surface area contributed by atoms with Gasteiger partial charge >= 0.3 is 0 Å². The van der Waals surface area contributed by atoms with Crippen molar-refractivity contribution in [3.63, 3.8) is 0 Å². The van der Waals surface area contributed by atoms with Gasteiger partial charge in [-0.3, -0.25) is 14.6 Å². The fraction of sp³-hybridized carbons (Fsp3) is 0.857. The van der Waals surface area contributed by atoms with Gasteiger partial charge in [0.15, 0.2) is 0 Å². The van der Waals surface area contributed by atoms with Crippen LogP contribution in [-0.2, 0) is 4.79 Å². The number of hydrogen-bond acceptors (Lipinski definition) is 4. The molecule has 0 radical (unpaired) electrons. The van der Waals surface area contributed by atoms with Gasteiger partial charge in [0.25, 0.3) is 0 Å². The van der Waals surface area contributed by atoms with E-state index >= 15 is 0 Å². The lowest BCUT2D eigenvalue weighted by atomic mass is 10.0. The second-order valence-electron chi connectivity index (χ2n) is 6.17. The molecule has 0 spiro atoms. The van der Waals surface area contributed by atoms with E-state index < -0.39 is 5.54 Å². The van der Waals surface area contributed by atoms with E-state index in [0.717, 1.165) is 39.0 Å². The molecule has 2 rings (SSSR count). The van der Waals surface area contributed by atoms with Crippen molar-refractivity contribution in [3.8, 4) is 6.07 Å². The summed E-state index contributed by atoms with van der Waals surface area (Å²) in [5, 5.41) is 9.13. The summed E-state index contributed by atoms with van der Waals surface area (Å²) in [7, 11) is 1.91. The number of hydrogen-bond donors (Lipinski definition) is 0. The highest BCUT2D eigenvalue weighted by Gasteiger charge is 2.33. The Labute approximate surface area is 115 Å². The molecule has 2 fully saturated rings. The second kappa shape index (κ2) is 5.48. The van der Waals surface area contributed by atoms with E-state index in [4.69, 9.17) is 5.26 Å². The number of amides is 1. The molecule has 106 valence electrons.